The van der Waals surface area contributed by atoms with Gasteiger partial charge in [-0.15, -0.1) is 0 Å². The molecule has 2 nitrogen and oxygen atoms in total. The fourth-order valence-electron chi connectivity index (χ4n) is 1.72. The lowest BCUT2D eigenvalue weighted by atomic mass is 9.97. The first-order valence-electron chi connectivity index (χ1n) is 4.59. The Bertz CT molecular complexity index is 363. The summed E-state index contributed by atoms with van der Waals surface area (Å²) in [5.74, 6) is 0. The Balaban J connectivity index is 2.38. The summed E-state index contributed by atoms with van der Waals surface area (Å²) in [6.45, 7) is 2.18. The van der Waals surface area contributed by atoms with Gasteiger partial charge in [0.05, 0.1) is 11.6 Å². The molecule has 0 aliphatic carbocycles. The van der Waals surface area contributed by atoms with Crippen LogP contribution in [0.15, 0.2) is 18.2 Å². The molecule has 0 aromatic heterocycles. The first kappa shape index (κ1) is 8.12. The molecule has 0 spiro atoms. The summed E-state index contributed by atoms with van der Waals surface area (Å²) in [4.78, 5) is 0. The van der Waals surface area contributed by atoms with Crippen LogP contribution in [0.25, 0.3) is 0 Å². The highest BCUT2D eigenvalue weighted by Crippen LogP contribution is 2.25. The quantitative estimate of drug-likeness (QED) is 0.651. The molecule has 1 aromatic rings. The van der Waals surface area contributed by atoms with Crippen LogP contribution in [0.1, 0.15) is 24.5 Å². The third-order valence-electron chi connectivity index (χ3n) is 2.48. The molecule has 0 radical (unpaired) electrons. The van der Waals surface area contributed by atoms with Crippen molar-refractivity contribution < 1.29 is 0 Å². The van der Waals surface area contributed by atoms with E-state index < -0.39 is 0 Å². The van der Waals surface area contributed by atoms with Crippen LogP contribution in [0, 0.1) is 11.3 Å². The van der Waals surface area contributed by atoms with Crippen molar-refractivity contribution in [3.05, 3.63) is 29.3 Å². The minimum Gasteiger partial charge on any atom is -0.382 e. The standard InChI is InChI=1S/C11H12N2/c1-8-2-4-10-6-9(7-12)3-5-11(10)13-8/h3,5-6,8,13H,2,4H2,1H3/t8-/m0/s1. The summed E-state index contributed by atoms with van der Waals surface area (Å²) in [7, 11) is 0. The molecule has 1 atom stereocenters. The molecule has 0 fully saturated rings. The largest absolute Gasteiger partial charge is 0.382 e. The number of nitriles is 1. The van der Waals surface area contributed by atoms with Crippen LogP contribution in [0.3, 0.4) is 0 Å². The Morgan fingerprint density at radius 2 is 2.38 bits per heavy atom. The molecule has 1 N–H and O–H groups in total. The van der Waals surface area contributed by atoms with Gasteiger partial charge >= 0.3 is 0 Å². The normalized spacial score (nSPS) is 19.8. The van der Waals surface area contributed by atoms with Crippen molar-refractivity contribution in [2.24, 2.45) is 0 Å². The molecule has 0 saturated heterocycles. The van der Waals surface area contributed by atoms with Gasteiger partial charge in [-0.1, -0.05) is 0 Å². The van der Waals surface area contributed by atoms with Crippen molar-refractivity contribution >= 4 is 5.69 Å². The third-order valence-corrected chi connectivity index (χ3v) is 2.48. The highest BCUT2D eigenvalue weighted by molar-refractivity contribution is 5.56. The maximum absolute atomic E-state index is 8.72. The smallest absolute Gasteiger partial charge is 0.0991 e. The maximum atomic E-state index is 8.72. The Labute approximate surface area is 78.2 Å². The molecule has 1 aromatic carbocycles. The second-order valence-corrected chi connectivity index (χ2v) is 3.57. The Hall–Kier alpha value is -1.49. The van der Waals surface area contributed by atoms with Gasteiger partial charge in [-0.05, 0) is 43.5 Å². The molecule has 0 bridgehead atoms. The van der Waals surface area contributed by atoms with Gasteiger partial charge in [0, 0.05) is 11.7 Å². The van der Waals surface area contributed by atoms with Crippen LogP contribution in [0.4, 0.5) is 5.69 Å². The summed E-state index contributed by atoms with van der Waals surface area (Å²) in [6.07, 6.45) is 2.24. The van der Waals surface area contributed by atoms with E-state index in [0.717, 1.165) is 18.4 Å². The second-order valence-electron chi connectivity index (χ2n) is 3.57. The van der Waals surface area contributed by atoms with Gasteiger partial charge in [0.15, 0.2) is 0 Å². The zero-order valence-electron chi connectivity index (χ0n) is 7.67. The average molecular weight is 172 g/mol. The number of aryl methyl sites for hydroxylation is 1. The minimum atomic E-state index is 0.556. The monoisotopic (exact) mass is 172 g/mol. The van der Waals surface area contributed by atoms with Crippen LogP contribution in [0.5, 0.6) is 0 Å². The van der Waals surface area contributed by atoms with Gasteiger partial charge in [-0.25, -0.2) is 0 Å². The van der Waals surface area contributed by atoms with Crippen molar-refractivity contribution in [3.63, 3.8) is 0 Å². The number of fused-ring (bicyclic) bond motifs is 1. The topological polar surface area (TPSA) is 35.8 Å². The van der Waals surface area contributed by atoms with Crippen molar-refractivity contribution in [1.29, 1.82) is 5.26 Å². The highest BCUT2D eigenvalue weighted by Gasteiger charge is 2.13. The lowest BCUT2D eigenvalue weighted by Gasteiger charge is -2.23. The molecular formula is C11H12N2. The number of nitrogens with zero attached hydrogens (tertiary/aromatic N) is 1. The summed E-state index contributed by atoms with van der Waals surface area (Å²) >= 11 is 0. The van der Waals surface area contributed by atoms with E-state index in [9.17, 15) is 0 Å². The second kappa shape index (κ2) is 3.10. The van der Waals surface area contributed by atoms with E-state index in [1.165, 1.54) is 11.3 Å². The predicted molar refractivity (Wildman–Crippen MR) is 52.6 cm³/mol. The summed E-state index contributed by atoms with van der Waals surface area (Å²) in [5, 5.41) is 12.1. The van der Waals surface area contributed by atoms with Crippen LogP contribution < -0.4 is 5.32 Å². The molecule has 1 heterocycles. The first-order valence-corrected chi connectivity index (χ1v) is 4.59. The zero-order chi connectivity index (χ0) is 9.26. The molecule has 2 rings (SSSR count). The molecule has 0 unspecified atom stereocenters. The van der Waals surface area contributed by atoms with Gasteiger partial charge in [-0.3, -0.25) is 0 Å². The van der Waals surface area contributed by atoms with Crippen molar-refractivity contribution in [2.45, 2.75) is 25.8 Å². The fourth-order valence-corrected chi connectivity index (χ4v) is 1.72. The fraction of sp³-hybridized carbons (Fsp3) is 0.364. The van der Waals surface area contributed by atoms with E-state index in [1.807, 2.05) is 18.2 Å². The number of hydrogen-bond acceptors (Lipinski definition) is 2. The first-order chi connectivity index (χ1) is 6.29. The summed E-state index contributed by atoms with van der Waals surface area (Å²) < 4.78 is 0. The predicted octanol–water partition coefficient (Wildman–Crippen LogP) is 2.30. The Kier molecular flexibility index (Phi) is 1.94. The van der Waals surface area contributed by atoms with Gasteiger partial charge in [0.2, 0.25) is 0 Å². The third kappa shape index (κ3) is 1.50. The number of anilines is 1. The lowest BCUT2D eigenvalue weighted by molar-refractivity contribution is 0.681. The van der Waals surface area contributed by atoms with Crippen LogP contribution in [-0.4, -0.2) is 6.04 Å². The molecule has 2 heteroatoms. The van der Waals surface area contributed by atoms with E-state index in [2.05, 4.69) is 18.3 Å². The number of benzene rings is 1. The molecule has 0 saturated carbocycles. The van der Waals surface area contributed by atoms with Gasteiger partial charge in [-0.2, -0.15) is 5.26 Å². The van der Waals surface area contributed by atoms with Crippen molar-refractivity contribution in [1.82, 2.24) is 0 Å². The highest BCUT2D eigenvalue weighted by atomic mass is 14.9. The SMILES string of the molecule is C[C@H]1CCc2cc(C#N)ccc2N1. The Morgan fingerprint density at radius 1 is 1.54 bits per heavy atom. The summed E-state index contributed by atoms with van der Waals surface area (Å²) in [6, 6.07) is 8.57. The van der Waals surface area contributed by atoms with Crippen molar-refractivity contribution in [3.8, 4) is 6.07 Å². The molecule has 1 aliphatic heterocycles. The Morgan fingerprint density at radius 3 is 3.15 bits per heavy atom. The molecule has 1 aliphatic rings. The molecule has 66 valence electrons. The van der Waals surface area contributed by atoms with Crippen molar-refractivity contribution in [2.75, 3.05) is 5.32 Å². The van der Waals surface area contributed by atoms with Crippen LogP contribution >= 0.6 is 0 Å². The van der Waals surface area contributed by atoms with E-state index in [-0.39, 0.29) is 0 Å². The zero-order valence-corrected chi connectivity index (χ0v) is 7.67. The maximum Gasteiger partial charge on any atom is 0.0991 e. The van der Waals surface area contributed by atoms with E-state index in [4.69, 9.17) is 5.26 Å². The van der Waals surface area contributed by atoms with E-state index in [0.29, 0.717) is 6.04 Å². The lowest BCUT2D eigenvalue weighted by Crippen LogP contribution is -2.21. The van der Waals surface area contributed by atoms with E-state index in [1.54, 1.807) is 0 Å². The average Bonchev–Trinajstić information content (AvgIpc) is 2.17. The van der Waals surface area contributed by atoms with Crippen LogP contribution in [0.2, 0.25) is 0 Å². The minimum absolute atomic E-state index is 0.556. The summed E-state index contributed by atoms with van der Waals surface area (Å²) in [5.41, 5.74) is 3.23. The number of rotatable bonds is 0. The van der Waals surface area contributed by atoms with Gasteiger partial charge < -0.3 is 5.32 Å². The van der Waals surface area contributed by atoms with E-state index >= 15 is 0 Å². The number of hydrogen-bond donors (Lipinski definition) is 1. The van der Waals surface area contributed by atoms with Crippen LogP contribution in [-0.2, 0) is 6.42 Å². The van der Waals surface area contributed by atoms with Gasteiger partial charge in [0.1, 0.15) is 0 Å². The molecule has 13 heavy (non-hydrogen) atoms. The molecular weight excluding hydrogens is 160 g/mol. The molecule has 0 amide bonds. The van der Waals surface area contributed by atoms with Gasteiger partial charge in [0.25, 0.3) is 0 Å². The number of nitrogens with one attached hydrogen (secondary N) is 1.